The summed E-state index contributed by atoms with van der Waals surface area (Å²) in [5.41, 5.74) is -0.108. The molecule has 0 aliphatic heterocycles. The van der Waals surface area contributed by atoms with Gasteiger partial charge in [0.15, 0.2) is 12.3 Å². The number of aromatic nitrogens is 1. The molecule has 0 saturated heterocycles. The lowest BCUT2D eigenvalue weighted by molar-refractivity contribution is -0.125. The van der Waals surface area contributed by atoms with Crippen LogP contribution in [0, 0.1) is 5.92 Å². The molecular formula is C13H16Cl2N2O3. The molecule has 1 rings (SSSR count). The Labute approximate surface area is 127 Å². The number of hydrogen-bond acceptors (Lipinski definition) is 4. The fourth-order valence-electron chi connectivity index (χ4n) is 1.22. The predicted octanol–water partition coefficient (Wildman–Crippen LogP) is 2.71. The second-order valence-electron chi connectivity index (χ2n) is 4.64. The molecule has 0 saturated carbocycles. The summed E-state index contributed by atoms with van der Waals surface area (Å²) in [5.74, 6) is -0.874. The summed E-state index contributed by atoms with van der Waals surface area (Å²) in [6.45, 7) is 5.44. The zero-order chi connectivity index (χ0) is 15.3. The van der Waals surface area contributed by atoms with Crippen molar-refractivity contribution >= 4 is 35.1 Å². The standard InChI is InChI=1S/C13H16Cl2N2O3/c1-7(2)8(3)16-11(18)6-20-13(19)12-9(14)4-5-10(15)17-12/h4-5,7-8H,6H2,1-3H3,(H,16,18). The number of amides is 1. The molecule has 0 aliphatic carbocycles. The van der Waals surface area contributed by atoms with E-state index in [2.05, 4.69) is 10.3 Å². The van der Waals surface area contributed by atoms with Crippen molar-refractivity contribution in [1.82, 2.24) is 10.3 Å². The van der Waals surface area contributed by atoms with Gasteiger partial charge in [-0.3, -0.25) is 4.79 Å². The second kappa shape index (κ2) is 7.45. The molecule has 1 unspecified atom stereocenters. The minimum absolute atomic E-state index is 0.00548. The van der Waals surface area contributed by atoms with E-state index in [1.165, 1.54) is 12.1 Å². The Hall–Kier alpha value is -1.33. The van der Waals surface area contributed by atoms with Crippen molar-refractivity contribution in [2.75, 3.05) is 6.61 Å². The first kappa shape index (κ1) is 16.7. The SMILES string of the molecule is CC(C)C(C)NC(=O)COC(=O)c1nc(Cl)ccc1Cl. The van der Waals surface area contributed by atoms with Crippen LogP contribution in [0.1, 0.15) is 31.3 Å². The van der Waals surface area contributed by atoms with Crippen molar-refractivity contribution in [3.05, 3.63) is 28.0 Å². The lowest BCUT2D eigenvalue weighted by Crippen LogP contribution is -2.38. The minimum Gasteiger partial charge on any atom is -0.451 e. The van der Waals surface area contributed by atoms with Crippen LogP contribution in [0.3, 0.4) is 0 Å². The molecule has 0 radical (unpaired) electrons. The Bertz CT molecular complexity index is 506. The molecule has 20 heavy (non-hydrogen) atoms. The average Bonchev–Trinajstić information content (AvgIpc) is 2.38. The Morgan fingerprint density at radius 3 is 2.55 bits per heavy atom. The number of carbonyl (C=O) groups is 2. The van der Waals surface area contributed by atoms with E-state index in [9.17, 15) is 9.59 Å². The summed E-state index contributed by atoms with van der Waals surface area (Å²) >= 11 is 11.5. The van der Waals surface area contributed by atoms with Crippen LogP contribution in [0.15, 0.2) is 12.1 Å². The van der Waals surface area contributed by atoms with Crippen molar-refractivity contribution in [3.63, 3.8) is 0 Å². The molecule has 5 nitrogen and oxygen atoms in total. The number of halogens is 2. The van der Waals surface area contributed by atoms with Crippen molar-refractivity contribution < 1.29 is 14.3 Å². The molecule has 0 spiro atoms. The van der Waals surface area contributed by atoms with E-state index in [1.54, 1.807) is 0 Å². The number of rotatable bonds is 5. The molecule has 0 aromatic carbocycles. The molecule has 110 valence electrons. The van der Waals surface area contributed by atoms with Crippen LogP contribution in [0.4, 0.5) is 0 Å². The number of nitrogens with zero attached hydrogens (tertiary/aromatic N) is 1. The van der Waals surface area contributed by atoms with E-state index < -0.39 is 5.97 Å². The molecule has 1 heterocycles. The van der Waals surface area contributed by atoms with Crippen LogP contribution in [-0.2, 0) is 9.53 Å². The average molecular weight is 319 g/mol. The summed E-state index contributed by atoms with van der Waals surface area (Å²) < 4.78 is 4.85. The maximum atomic E-state index is 11.7. The Kier molecular flexibility index (Phi) is 6.23. The zero-order valence-corrected chi connectivity index (χ0v) is 13.0. The minimum atomic E-state index is -0.787. The van der Waals surface area contributed by atoms with E-state index in [0.29, 0.717) is 5.92 Å². The van der Waals surface area contributed by atoms with Crippen LogP contribution in [0.2, 0.25) is 10.2 Å². The second-order valence-corrected chi connectivity index (χ2v) is 5.44. The van der Waals surface area contributed by atoms with Gasteiger partial charge in [-0.15, -0.1) is 0 Å². The molecule has 0 aliphatic rings. The van der Waals surface area contributed by atoms with Crippen LogP contribution in [0.5, 0.6) is 0 Å². The lowest BCUT2D eigenvalue weighted by atomic mass is 10.1. The maximum Gasteiger partial charge on any atom is 0.359 e. The molecule has 1 N–H and O–H groups in total. The topological polar surface area (TPSA) is 68.3 Å². The molecule has 1 aromatic heterocycles. The van der Waals surface area contributed by atoms with Gasteiger partial charge in [-0.25, -0.2) is 9.78 Å². The highest BCUT2D eigenvalue weighted by atomic mass is 35.5. The molecular weight excluding hydrogens is 303 g/mol. The van der Waals surface area contributed by atoms with Gasteiger partial charge >= 0.3 is 5.97 Å². The van der Waals surface area contributed by atoms with Crippen LogP contribution in [0.25, 0.3) is 0 Å². The van der Waals surface area contributed by atoms with Gasteiger partial charge in [0.1, 0.15) is 5.15 Å². The summed E-state index contributed by atoms with van der Waals surface area (Å²) in [4.78, 5) is 27.1. The number of esters is 1. The normalized spacial score (nSPS) is 12.1. The lowest BCUT2D eigenvalue weighted by Gasteiger charge is -2.17. The summed E-state index contributed by atoms with van der Waals surface area (Å²) in [6, 6.07) is 2.89. The molecule has 0 fully saturated rings. The van der Waals surface area contributed by atoms with E-state index in [4.69, 9.17) is 27.9 Å². The van der Waals surface area contributed by atoms with Crippen molar-refractivity contribution in [1.29, 1.82) is 0 Å². The maximum absolute atomic E-state index is 11.7. The molecule has 0 bridgehead atoms. The van der Waals surface area contributed by atoms with Crippen molar-refractivity contribution in [2.24, 2.45) is 5.92 Å². The quantitative estimate of drug-likeness (QED) is 0.669. The van der Waals surface area contributed by atoms with E-state index in [0.717, 1.165) is 0 Å². The number of carbonyl (C=O) groups excluding carboxylic acids is 2. The highest BCUT2D eigenvalue weighted by molar-refractivity contribution is 6.34. The van der Waals surface area contributed by atoms with Crippen molar-refractivity contribution in [2.45, 2.75) is 26.8 Å². The van der Waals surface area contributed by atoms with Crippen LogP contribution < -0.4 is 5.32 Å². The van der Waals surface area contributed by atoms with Gasteiger partial charge in [0.2, 0.25) is 0 Å². The van der Waals surface area contributed by atoms with E-state index in [1.807, 2.05) is 20.8 Å². The molecule has 1 atom stereocenters. The highest BCUT2D eigenvalue weighted by Crippen LogP contribution is 2.17. The van der Waals surface area contributed by atoms with Gasteiger partial charge in [0, 0.05) is 6.04 Å². The van der Waals surface area contributed by atoms with Gasteiger partial charge in [-0.1, -0.05) is 37.0 Å². The first-order valence-corrected chi connectivity index (χ1v) is 6.85. The summed E-state index contributed by atoms with van der Waals surface area (Å²) in [7, 11) is 0. The van der Waals surface area contributed by atoms with Gasteiger partial charge in [0.25, 0.3) is 5.91 Å². The molecule has 1 aromatic rings. The Balaban J connectivity index is 2.55. The number of nitrogens with one attached hydrogen (secondary N) is 1. The number of hydrogen-bond donors (Lipinski definition) is 1. The number of ether oxygens (including phenoxy) is 1. The van der Waals surface area contributed by atoms with Gasteiger partial charge in [0.05, 0.1) is 5.02 Å². The first-order valence-electron chi connectivity index (χ1n) is 6.09. The van der Waals surface area contributed by atoms with E-state index >= 15 is 0 Å². The van der Waals surface area contributed by atoms with Crippen LogP contribution in [-0.4, -0.2) is 29.5 Å². The fourth-order valence-corrected chi connectivity index (χ4v) is 1.55. The zero-order valence-electron chi connectivity index (χ0n) is 11.4. The monoisotopic (exact) mass is 318 g/mol. The third kappa shape index (κ3) is 4.98. The predicted molar refractivity (Wildman–Crippen MR) is 77.0 cm³/mol. The first-order chi connectivity index (χ1) is 9.31. The third-order valence-corrected chi connectivity index (χ3v) is 3.24. The van der Waals surface area contributed by atoms with Crippen LogP contribution >= 0.6 is 23.2 Å². The largest absolute Gasteiger partial charge is 0.451 e. The van der Waals surface area contributed by atoms with Crippen molar-refractivity contribution in [3.8, 4) is 0 Å². The Morgan fingerprint density at radius 2 is 1.95 bits per heavy atom. The van der Waals surface area contributed by atoms with Gasteiger partial charge in [-0.05, 0) is 25.0 Å². The summed E-state index contributed by atoms with van der Waals surface area (Å²) in [6.07, 6.45) is 0. The Morgan fingerprint density at radius 1 is 1.30 bits per heavy atom. The smallest absolute Gasteiger partial charge is 0.359 e. The summed E-state index contributed by atoms with van der Waals surface area (Å²) in [5, 5.41) is 2.96. The third-order valence-electron chi connectivity index (χ3n) is 2.73. The van der Waals surface area contributed by atoms with E-state index in [-0.39, 0.29) is 34.4 Å². The fraction of sp³-hybridized carbons (Fsp3) is 0.462. The number of pyridine rings is 1. The van der Waals surface area contributed by atoms with Gasteiger partial charge < -0.3 is 10.1 Å². The molecule has 1 amide bonds. The molecule has 7 heteroatoms. The highest BCUT2D eigenvalue weighted by Gasteiger charge is 2.17. The van der Waals surface area contributed by atoms with Gasteiger partial charge in [-0.2, -0.15) is 0 Å².